The summed E-state index contributed by atoms with van der Waals surface area (Å²) in [7, 11) is 0. The Morgan fingerprint density at radius 3 is 2.70 bits per heavy atom. The van der Waals surface area contributed by atoms with E-state index < -0.39 is 6.04 Å². The molecule has 1 amide bonds. The summed E-state index contributed by atoms with van der Waals surface area (Å²) in [6.07, 6.45) is 3.64. The van der Waals surface area contributed by atoms with Crippen molar-refractivity contribution >= 4 is 5.91 Å². The molecule has 0 aliphatic heterocycles. The third-order valence-corrected chi connectivity index (χ3v) is 3.14. The van der Waals surface area contributed by atoms with Crippen LogP contribution in [0.25, 0.3) is 5.69 Å². The van der Waals surface area contributed by atoms with Crippen LogP contribution in [0, 0.1) is 5.92 Å². The van der Waals surface area contributed by atoms with E-state index >= 15 is 0 Å². The lowest BCUT2D eigenvalue weighted by atomic mass is 10.1. The summed E-state index contributed by atoms with van der Waals surface area (Å²) in [6.45, 7) is 4.29. The Kier molecular flexibility index (Phi) is 4.53. The van der Waals surface area contributed by atoms with E-state index in [1.807, 2.05) is 50.4 Å². The summed E-state index contributed by atoms with van der Waals surface area (Å²) in [4.78, 5) is 11.8. The molecule has 106 valence electrons. The van der Waals surface area contributed by atoms with E-state index in [0.29, 0.717) is 6.54 Å². The summed E-state index contributed by atoms with van der Waals surface area (Å²) in [6, 6.07) is 9.36. The van der Waals surface area contributed by atoms with Crippen molar-refractivity contribution in [2.75, 3.05) is 0 Å². The molecule has 5 nitrogen and oxygen atoms in total. The zero-order valence-corrected chi connectivity index (χ0v) is 11.8. The number of rotatable bonds is 5. The number of carbonyl (C=O) groups is 1. The van der Waals surface area contributed by atoms with Crippen LogP contribution >= 0.6 is 0 Å². The van der Waals surface area contributed by atoms with Crippen molar-refractivity contribution < 1.29 is 4.79 Å². The Bertz CT molecular complexity index is 562. The SMILES string of the molecule is CC(C)C(N)C(=O)NCc1cnn(-c2ccccc2)c1. The standard InChI is InChI=1S/C15H20N4O/c1-11(2)14(16)15(20)17-8-12-9-18-19(10-12)13-6-4-3-5-7-13/h3-7,9-11,14H,8,16H2,1-2H3,(H,17,20). The molecule has 0 fully saturated rings. The van der Waals surface area contributed by atoms with E-state index in [1.54, 1.807) is 10.9 Å². The fourth-order valence-electron chi connectivity index (χ4n) is 1.78. The highest BCUT2D eigenvalue weighted by molar-refractivity contribution is 5.81. The molecular formula is C15H20N4O. The monoisotopic (exact) mass is 272 g/mol. The van der Waals surface area contributed by atoms with Gasteiger partial charge in [0.15, 0.2) is 0 Å². The van der Waals surface area contributed by atoms with E-state index in [4.69, 9.17) is 5.73 Å². The van der Waals surface area contributed by atoms with Gasteiger partial charge in [0.05, 0.1) is 17.9 Å². The third-order valence-electron chi connectivity index (χ3n) is 3.14. The van der Waals surface area contributed by atoms with Gasteiger partial charge in [0.1, 0.15) is 0 Å². The second-order valence-corrected chi connectivity index (χ2v) is 5.12. The van der Waals surface area contributed by atoms with Crippen LogP contribution in [0.15, 0.2) is 42.7 Å². The minimum atomic E-state index is -0.473. The number of carbonyl (C=O) groups excluding carboxylic acids is 1. The lowest BCUT2D eigenvalue weighted by Gasteiger charge is -2.14. The molecule has 0 saturated heterocycles. The quantitative estimate of drug-likeness (QED) is 0.865. The fourth-order valence-corrected chi connectivity index (χ4v) is 1.78. The number of hydrogen-bond donors (Lipinski definition) is 2. The highest BCUT2D eigenvalue weighted by Gasteiger charge is 2.16. The van der Waals surface area contributed by atoms with Crippen molar-refractivity contribution in [1.29, 1.82) is 0 Å². The van der Waals surface area contributed by atoms with Gasteiger partial charge < -0.3 is 11.1 Å². The zero-order valence-electron chi connectivity index (χ0n) is 11.8. The molecule has 1 unspecified atom stereocenters. The molecule has 3 N–H and O–H groups in total. The predicted molar refractivity (Wildman–Crippen MR) is 78.2 cm³/mol. The van der Waals surface area contributed by atoms with Crippen LogP contribution < -0.4 is 11.1 Å². The summed E-state index contributed by atoms with van der Waals surface area (Å²) >= 11 is 0. The minimum Gasteiger partial charge on any atom is -0.351 e. The molecule has 0 spiro atoms. The number of amides is 1. The van der Waals surface area contributed by atoms with E-state index in [2.05, 4.69) is 10.4 Å². The smallest absolute Gasteiger partial charge is 0.237 e. The molecule has 1 aromatic heterocycles. The average molecular weight is 272 g/mol. The van der Waals surface area contributed by atoms with Crippen LogP contribution in [-0.2, 0) is 11.3 Å². The van der Waals surface area contributed by atoms with Crippen molar-refractivity contribution in [2.45, 2.75) is 26.4 Å². The van der Waals surface area contributed by atoms with Crippen molar-refractivity contribution in [1.82, 2.24) is 15.1 Å². The molecule has 1 heterocycles. The molecule has 0 bridgehead atoms. The maximum atomic E-state index is 11.8. The predicted octanol–water partition coefficient (Wildman–Crippen LogP) is 1.47. The summed E-state index contributed by atoms with van der Waals surface area (Å²) in [5, 5.41) is 7.11. The molecule has 5 heteroatoms. The molecule has 0 saturated carbocycles. The Morgan fingerprint density at radius 1 is 1.35 bits per heavy atom. The number of hydrogen-bond acceptors (Lipinski definition) is 3. The van der Waals surface area contributed by atoms with Crippen LogP contribution in [0.5, 0.6) is 0 Å². The Labute approximate surface area is 118 Å². The van der Waals surface area contributed by atoms with Gasteiger partial charge in [0.2, 0.25) is 5.91 Å². The first kappa shape index (κ1) is 14.3. The average Bonchev–Trinajstić information content (AvgIpc) is 2.93. The highest BCUT2D eigenvalue weighted by Crippen LogP contribution is 2.07. The number of nitrogens with two attached hydrogens (primary N) is 1. The molecule has 0 radical (unpaired) electrons. The van der Waals surface area contributed by atoms with E-state index in [0.717, 1.165) is 11.3 Å². The van der Waals surface area contributed by atoms with Crippen molar-refractivity contribution in [2.24, 2.45) is 11.7 Å². The molecule has 1 aromatic carbocycles. The molecule has 1 atom stereocenters. The number of nitrogens with one attached hydrogen (secondary N) is 1. The van der Waals surface area contributed by atoms with Gasteiger partial charge in [-0.2, -0.15) is 5.10 Å². The first-order valence-electron chi connectivity index (χ1n) is 6.70. The molecule has 20 heavy (non-hydrogen) atoms. The lowest BCUT2D eigenvalue weighted by molar-refractivity contribution is -0.123. The fraction of sp³-hybridized carbons (Fsp3) is 0.333. The largest absolute Gasteiger partial charge is 0.351 e. The maximum Gasteiger partial charge on any atom is 0.237 e. The number of para-hydroxylation sites is 1. The van der Waals surface area contributed by atoms with Crippen LogP contribution in [0.4, 0.5) is 0 Å². The van der Waals surface area contributed by atoms with E-state index in [1.165, 1.54) is 0 Å². The van der Waals surface area contributed by atoms with Crippen LogP contribution in [0.3, 0.4) is 0 Å². The normalized spacial score (nSPS) is 12.4. The first-order chi connectivity index (χ1) is 9.58. The van der Waals surface area contributed by atoms with Crippen LogP contribution in [0.2, 0.25) is 0 Å². The van der Waals surface area contributed by atoms with Crippen LogP contribution in [0.1, 0.15) is 19.4 Å². The Morgan fingerprint density at radius 2 is 2.05 bits per heavy atom. The molecule has 0 aliphatic rings. The van der Waals surface area contributed by atoms with Gasteiger partial charge in [-0.3, -0.25) is 4.79 Å². The molecule has 0 aliphatic carbocycles. The Hall–Kier alpha value is -2.14. The minimum absolute atomic E-state index is 0.127. The number of aromatic nitrogens is 2. The number of nitrogens with zero attached hydrogens (tertiary/aromatic N) is 2. The maximum absolute atomic E-state index is 11.8. The van der Waals surface area contributed by atoms with Gasteiger partial charge in [-0.15, -0.1) is 0 Å². The van der Waals surface area contributed by atoms with Gasteiger partial charge in [0.25, 0.3) is 0 Å². The van der Waals surface area contributed by atoms with Crippen molar-refractivity contribution in [3.05, 3.63) is 48.3 Å². The highest BCUT2D eigenvalue weighted by atomic mass is 16.2. The third kappa shape index (κ3) is 3.45. The topological polar surface area (TPSA) is 72.9 Å². The van der Waals surface area contributed by atoms with Gasteiger partial charge in [-0.05, 0) is 18.1 Å². The van der Waals surface area contributed by atoms with Gasteiger partial charge >= 0.3 is 0 Å². The van der Waals surface area contributed by atoms with E-state index in [-0.39, 0.29) is 11.8 Å². The molecule has 2 aromatic rings. The van der Waals surface area contributed by atoms with Gasteiger partial charge in [0, 0.05) is 18.3 Å². The number of benzene rings is 1. The summed E-state index contributed by atoms with van der Waals surface area (Å²) < 4.78 is 1.78. The van der Waals surface area contributed by atoms with E-state index in [9.17, 15) is 4.79 Å². The van der Waals surface area contributed by atoms with Crippen molar-refractivity contribution in [3.63, 3.8) is 0 Å². The second-order valence-electron chi connectivity index (χ2n) is 5.12. The van der Waals surface area contributed by atoms with Crippen molar-refractivity contribution in [3.8, 4) is 5.69 Å². The summed E-state index contributed by atoms with van der Waals surface area (Å²) in [5.41, 5.74) is 7.72. The Balaban J connectivity index is 1.96. The lowest BCUT2D eigenvalue weighted by Crippen LogP contribution is -2.43. The zero-order chi connectivity index (χ0) is 14.5. The van der Waals surface area contributed by atoms with Gasteiger partial charge in [-0.1, -0.05) is 32.0 Å². The van der Waals surface area contributed by atoms with Crippen LogP contribution in [-0.4, -0.2) is 21.7 Å². The molecular weight excluding hydrogens is 252 g/mol. The second kappa shape index (κ2) is 6.34. The molecule has 2 rings (SSSR count). The van der Waals surface area contributed by atoms with Gasteiger partial charge in [-0.25, -0.2) is 4.68 Å². The summed E-state index contributed by atoms with van der Waals surface area (Å²) in [5.74, 6) is -0.00509. The first-order valence-corrected chi connectivity index (χ1v) is 6.70.